The molecule has 7 nitrogen and oxygen atoms in total. The number of ether oxygens (including phenoxy) is 1. The smallest absolute Gasteiger partial charge is 0.329 e. The van der Waals surface area contributed by atoms with Gasteiger partial charge in [-0.15, -0.1) is 0 Å². The van der Waals surface area contributed by atoms with Crippen LogP contribution in [0.15, 0.2) is 23.0 Å². The maximum Gasteiger partial charge on any atom is 0.329 e. The van der Waals surface area contributed by atoms with Crippen LogP contribution in [0.2, 0.25) is 0 Å². The molecule has 0 spiro atoms. The Morgan fingerprint density at radius 1 is 1.42 bits per heavy atom. The SMILES string of the molecule is CCOC(=O)C1C2=C(NN1CCC(C)(C)CN)C(=O)C(=CN(C)C)CC2. The summed E-state index contributed by atoms with van der Waals surface area (Å²) in [6, 6.07) is -0.539. The summed E-state index contributed by atoms with van der Waals surface area (Å²) in [5, 5.41) is 1.84. The lowest BCUT2D eigenvalue weighted by Gasteiger charge is -2.29. The number of rotatable bonds is 7. The number of hydrogen-bond acceptors (Lipinski definition) is 7. The number of nitrogens with one attached hydrogen (secondary N) is 1. The van der Waals surface area contributed by atoms with Crippen molar-refractivity contribution >= 4 is 11.8 Å². The minimum Gasteiger partial charge on any atom is -0.465 e. The second-order valence-electron chi connectivity index (χ2n) is 7.93. The number of ketones is 1. The second kappa shape index (κ2) is 8.22. The maximum absolute atomic E-state index is 12.9. The third-order valence-electron chi connectivity index (χ3n) is 4.91. The Hall–Kier alpha value is -1.86. The molecule has 0 radical (unpaired) electrons. The van der Waals surface area contributed by atoms with Gasteiger partial charge in [0, 0.05) is 32.4 Å². The lowest BCUT2D eigenvalue weighted by atomic mass is 9.87. The van der Waals surface area contributed by atoms with Crippen LogP contribution >= 0.6 is 0 Å². The normalized spacial score (nSPS) is 22.5. The molecule has 1 aliphatic heterocycles. The van der Waals surface area contributed by atoms with Crippen molar-refractivity contribution in [1.29, 1.82) is 0 Å². The molecule has 0 saturated carbocycles. The number of esters is 1. The van der Waals surface area contributed by atoms with Crippen LogP contribution in [-0.4, -0.2) is 61.5 Å². The van der Waals surface area contributed by atoms with E-state index in [1.54, 1.807) is 6.92 Å². The standard InChI is InChI=1S/C19H32N4O3/c1-6-26-18(25)16-14-8-7-13(11-22(4)5)17(24)15(14)21-23(16)10-9-19(2,3)12-20/h11,16,21H,6-10,12,20H2,1-5H3. The third kappa shape index (κ3) is 4.45. The van der Waals surface area contributed by atoms with Crippen molar-refractivity contribution in [1.82, 2.24) is 15.3 Å². The van der Waals surface area contributed by atoms with Crippen LogP contribution in [0.5, 0.6) is 0 Å². The predicted octanol–water partition coefficient (Wildman–Crippen LogP) is 1.18. The number of nitrogens with two attached hydrogens (primary N) is 1. The molecule has 0 aromatic carbocycles. The molecular formula is C19H32N4O3. The minimum atomic E-state index is -0.539. The van der Waals surface area contributed by atoms with E-state index in [4.69, 9.17) is 10.5 Å². The molecule has 0 fully saturated rings. The molecule has 0 aromatic heterocycles. The van der Waals surface area contributed by atoms with E-state index in [9.17, 15) is 9.59 Å². The highest BCUT2D eigenvalue weighted by Gasteiger charge is 2.43. The van der Waals surface area contributed by atoms with E-state index in [1.807, 2.05) is 30.2 Å². The monoisotopic (exact) mass is 364 g/mol. The number of carbonyl (C=O) groups excluding carboxylic acids is 2. The van der Waals surface area contributed by atoms with Gasteiger partial charge in [0.15, 0.2) is 0 Å². The zero-order valence-electron chi connectivity index (χ0n) is 16.6. The van der Waals surface area contributed by atoms with Crippen LogP contribution in [-0.2, 0) is 14.3 Å². The van der Waals surface area contributed by atoms with Gasteiger partial charge < -0.3 is 20.8 Å². The number of nitrogens with zero attached hydrogens (tertiary/aromatic N) is 2. The zero-order chi connectivity index (χ0) is 19.5. The average Bonchev–Trinajstić information content (AvgIpc) is 2.95. The lowest BCUT2D eigenvalue weighted by molar-refractivity contribution is -0.148. The Balaban J connectivity index is 2.26. The first-order valence-corrected chi connectivity index (χ1v) is 9.25. The number of allylic oxidation sites excluding steroid dienone is 1. The van der Waals surface area contributed by atoms with Crippen LogP contribution < -0.4 is 11.2 Å². The molecule has 1 unspecified atom stereocenters. The summed E-state index contributed by atoms with van der Waals surface area (Å²) in [6.45, 7) is 7.48. The van der Waals surface area contributed by atoms with Crippen molar-refractivity contribution in [3.63, 3.8) is 0 Å². The Labute approximate surface area is 156 Å². The van der Waals surface area contributed by atoms with E-state index in [-0.39, 0.29) is 17.2 Å². The molecule has 0 amide bonds. The first kappa shape index (κ1) is 20.5. The van der Waals surface area contributed by atoms with Crippen molar-refractivity contribution in [3.8, 4) is 0 Å². The Morgan fingerprint density at radius 3 is 2.69 bits per heavy atom. The van der Waals surface area contributed by atoms with Crippen molar-refractivity contribution in [2.45, 2.75) is 46.1 Å². The lowest BCUT2D eigenvalue weighted by Crippen LogP contribution is -2.46. The van der Waals surface area contributed by atoms with Gasteiger partial charge in [-0.3, -0.25) is 4.79 Å². The fourth-order valence-electron chi connectivity index (χ4n) is 3.24. The molecule has 0 aromatic rings. The summed E-state index contributed by atoms with van der Waals surface area (Å²) in [6.07, 6.45) is 3.97. The van der Waals surface area contributed by atoms with E-state index in [2.05, 4.69) is 19.3 Å². The van der Waals surface area contributed by atoms with Crippen molar-refractivity contribution in [3.05, 3.63) is 23.0 Å². The molecule has 7 heteroatoms. The van der Waals surface area contributed by atoms with Crippen LogP contribution in [0.25, 0.3) is 0 Å². The molecule has 146 valence electrons. The Kier molecular flexibility index (Phi) is 6.47. The number of hydrazine groups is 1. The van der Waals surface area contributed by atoms with Crippen molar-refractivity contribution < 1.29 is 14.3 Å². The van der Waals surface area contributed by atoms with E-state index in [0.717, 1.165) is 17.6 Å². The summed E-state index contributed by atoms with van der Waals surface area (Å²) < 4.78 is 5.28. The molecular weight excluding hydrogens is 332 g/mol. The van der Waals surface area contributed by atoms with Gasteiger partial charge in [0.05, 0.1) is 12.3 Å². The molecule has 0 bridgehead atoms. The summed E-state index contributed by atoms with van der Waals surface area (Å²) in [7, 11) is 3.80. The van der Waals surface area contributed by atoms with Gasteiger partial charge in [-0.2, -0.15) is 0 Å². The molecule has 2 rings (SSSR count). The largest absolute Gasteiger partial charge is 0.465 e. The van der Waals surface area contributed by atoms with Crippen molar-refractivity contribution in [2.75, 3.05) is 33.8 Å². The Bertz CT molecular complexity index is 622. The molecule has 2 aliphatic rings. The van der Waals surface area contributed by atoms with Crippen LogP contribution in [0.4, 0.5) is 0 Å². The average molecular weight is 364 g/mol. The first-order chi connectivity index (χ1) is 12.2. The Morgan fingerprint density at radius 2 is 2.12 bits per heavy atom. The minimum absolute atomic E-state index is 0.0326. The van der Waals surface area contributed by atoms with E-state index in [0.29, 0.717) is 38.2 Å². The third-order valence-corrected chi connectivity index (χ3v) is 4.91. The number of hydrogen-bond donors (Lipinski definition) is 2. The summed E-state index contributed by atoms with van der Waals surface area (Å²) >= 11 is 0. The van der Waals surface area contributed by atoms with Gasteiger partial charge in [0.25, 0.3) is 0 Å². The molecule has 1 heterocycles. The number of Topliss-reactive ketones (excluding diaryl/α,β-unsaturated/α-hetero) is 1. The molecule has 26 heavy (non-hydrogen) atoms. The maximum atomic E-state index is 12.9. The predicted molar refractivity (Wildman–Crippen MR) is 101 cm³/mol. The zero-order valence-corrected chi connectivity index (χ0v) is 16.6. The van der Waals surface area contributed by atoms with Crippen LogP contribution in [0.1, 0.15) is 40.0 Å². The van der Waals surface area contributed by atoms with Crippen molar-refractivity contribution in [2.24, 2.45) is 11.1 Å². The van der Waals surface area contributed by atoms with E-state index >= 15 is 0 Å². The second-order valence-corrected chi connectivity index (χ2v) is 7.93. The van der Waals surface area contributed by atoms with Crippen LogP contribution in [0.3, 0.4) is 0 Å². The summed E-state index contributed by atoms with van der Waals surface area (Å²) in [5.74, 6) is -0.335. The highest BCUT2D eigenvalue weighted by Crippen LogP contribution is 2.34. The topological polar surface area (TPSA) is 87.9 Å². The highest BCUT2D eigenvalue weighted by molar-refractivity contribution is 6.10. The fourth-order valence-corrected chi connectivity index (χ4v) is 3.24. The van der Waals surface area contributed by atoms with Gasteiger partial charge >= 0.3 is 5.97 Å². The fraction of sp³-hybridized carbons (Fsp3) is 0.684. The van der Waals surface area contributed by atoms with E-state index in [1.165, 1.54) is 0 Å². The molecule has 3 N–H and O–H groups in total. The van der Waals surface area contributed by atoms with Gasteiger partial charge in [-0.25, -0.2) is 9.80 Å². The molecule has 0 saturated heterocycles. The quantitative estimate of drug-likeness (QED) is 0.518. The van der Waals surface area contributed by atoms with Gasteiger partial charge in [-0.05, 0) is 43.7 Å². The van der Waals surface area contributed by atoms with Gasteiger partial charge in [0.1, 0.15) is 6.04 Å². The first-order valence-electron chi connectivity index (χ1n) is 9.25. The van der Waals surface area contributed by atoms with Crippen LogP contribution in [0, 0.1) is 5.41 Å². The highest BCUT2D eigenvalue weighted by atomic mass is 16.5. The van der Waals surface area contributed by atoms with E-state index < -0.39 is 6.04 Å². The molecule has 1 aliphatic carbocycles. The molecule has 1 atom stereocenters. The number of carbonyl (C=O) groups is 2. The van der Waals surface area contributed by atoms with Gasteiger partial charge in [0.2, 0.25) is 5.78 Å². The summed E-state index contributed by atoms with van der Waals surface area (Å²) in [5.41, 5.74) is 11.1. The summed E-state index contributed by atoms with van der Waals surface area (Å²) in [4.78, 5) is 27.3. The van der Waals surface area contributed by atoms with Gasteiger partial charge in [-0.1, -0.05) is 13.8 Å².